The lowest BCUT2D eigenvalue weighted by Crippen LogP contribution is -2.26. The van der Waals surface area contributed by atoms with Crippen LogP contribution in [0, 0.1) is 6.92 Å². The maximum absolute atomic E-state index is 12.7. The van der Waals surface area contributed by atoms with Gasteiger partial charge in [0.1, 0.15) is 12.0 Å². The number of nitrogens with two attached hydrogens (primary N) is 1. The number of fused-ring (bicyclic) bond motifs is 1. The first kappa shape index (κ1) is 19.4. The Hall–Kier alpha value is -3.89. The third-order valence-corrected chi connectivity index (χ3v) is 4.46. The van der Waals surface area contributed by atoms with Gasteiger partial charge in [0.25, 0.3) is 12.3 Å². The summed E-state index contributed by atoms with van der Waals surface area (Å²) in [6, 6.07) is 5.18. The lowest BCUT2D eigenvalue weighted by molar-refractivity contribution is 0.0946. The van der Waals surface area contributed by atoms with Crippen LogP contribution >= 0.6 is 0 Å². The highest BCUT2D eigenvalue weighted by atomic mass is 19.3. The molecular weight excluding hydrogens is 396 g/mol. The van der Waals surface area contributed by atoms with E-state index in [1.54, 1.807) is 25.1 Å². The number of imidazole rings is 1. The number of aromatic nitrogens is 5. The maximum Gasteiger partial charge on any atom is 0.273 e. The number of aryl methyl sites for hydroxylation is 1. The SMILES string of the molecule is Cc1nc(C(=O)NCc2cccc3c2ncn3CC(F)F)c(N)nc1-c1ncco1. The molecule has 0 atom stereocenters. The lowest BCUT2D eigenvalue weighted by atomic mass is 10.1. The molecule has 30 heavy (non-hydrogen) atoms. The first-order valence-electron chi connectivity index (χ1n) is 8.97. The fourth-order valence-electron chi connectivity index (χ4n) is 3.09. The van der Waals surface area contributed by atoms with E-state index in [9.17, 15) is 13.6 Å². The first-order valence-corrected chi connectivity index (χ1v) is 8.97. The monoisotopic (exact) mass is 413 g/mol. The van der Waals surface area contributed by atoms with Crippen LogP contribution in [-0.4, -0.2) is 36.8 Å². The summed E-state index contributed by atoms with van der Waals surface area (Å²) in [7, 11) is 0. The molecule has 0 aliphatic rings. The van der Waals surface area contributed by atoms with Gasteiger partial charge in [-0.3, -0.25) is 4.79 Å². The minimum Gasteiger partial charge on any atom is -0.443 e. The number of benzene rings is 1. The van der Waals surface area contributed by atoms with Gasteiger partial charge >= 0.3 is 0 Å². The minimum atomic E-state index is -2.49. The zero-order valence-corrected chi connectivity index (χ0v) is 15.8. The summed E-state index contributed by atoms with van der Waals surface area (Å²) >= 11 is 0. The van der Waals surface area contributed by atoms with Crippen molar-refractivity contribution in [2.45, 2.75) is 26.4 Å². The van der Waals surface area contributed by atoms with Crippen molar-refractivity contribution in [3.05, 3.63) is 53.9 Å². The molecule has 0 saturated carbocycles. The van der Waals surface area contributed by atoms with Gasteiger partial charge in [-0.05, 0) is 18.6 Å². The van der Waals surface area contributed by atoms with Crippen molar-refractivity contribution in [2.24, 2.45) is 0 Å². The number of amides is 1. The number of oxazole rings is 1. The van der Waals surface area contributed by atoms with Crippen molar-refractivity contribution in [2.75, 3.05) is 5.73 Å². The molecule has 0 bridgehead atoms. The molecule has 3 N–H and O–H groups in total. The molecule has 0 aliphatic heterocycles. The van der Waals surface area contributed by atoms with Gasteiger partial charge in [-0.15, -0.1) is 0 Å². The topological polar surface area (TPSA) is 125 Å². The van der Waals surface area contributed by atoms with E-state index in [1.807, 2.05) is 0 Å². The molecule has 0 radical (unpaired) electrons. The number of carbonyl (C=O) groups is 1. The molecule has 0 aliphatic carbocycles. The number of hydrogen-bond donors (Lipinski definition) is 2. The van der Waals surface area contributed by atoms with Gasteiger partial charge in [-0.2, -0.15) is 0 Å². The van der Waals surface area contributed by atoms with E-state index in [0.717, 1.165) is 0 Å². The van der Waals surface area contributed by atoms with Crippen molar-refractivity contribution in [1.82, 2.24) is 29.8 Å². The highest BCUT2D eigenvalue weighted by molar-refractivity contribution is 5.96. The summed E-state index contributed by atoms with van der Waals surface area (Å²) in [5.41, 5.74) is 8.44. The second kappa shape index (κ2) is 7.85. The van der Waals surface area contributed by atoms with E-state index in [-0.39, 0.29) is 23.9 Å². The van der Waals surface area contributed by atoms with Crippen LogP contribution in [-0.2, 0) is 13.1 Å². The summed E-state index contributed by atoms with van der Waals surface area (Å²) in [6.45, 7) is 1.33. The summed E-state index contributed by atoms with van der Waals surface area (Å²) < 4.78 is 32.0. The fourth-order valence-corrected chi connectivity index (χ4v) is 3.09. The molecule has 3 aromatic heterocycles. The molecule has 11 heteroatoms. The number of alkyl halides is 2. The molecule has 1 amide bonds. The number of rotatable bonds is 6. The second-order valence-corrected chi connectivity index (χ2v) is 6.48. The van der Waals surface area contributed by atoms with Crippen LogP contribution < -0.4 is 11.1 Å². The van der Waals surface area contributed by atoms with Gasteiger partial charge in [-0.25, -0.2) is 28.7 Å². The normalized spacial score (nSPS) is 11.3. The van der Waals surface area contributed by atoms with Crippen LogP contribution in [0.2, 0.25) is 0 Å². The zero-order valence-electron chi connectivity index (χ0n) is 15.8. The summed E-state index contributed by atoms with van der Waals surface area (Å²) in [5, 5.41) is 2.72. The Balaban J connectivity index is 1.54. The van der Waals surface area contributed by atoms with E-state index in [1.165, 1.54) is 23.4 Å². The van der Waals surface area contributed by atoms with Crippen LogP contribution in [0.15, 0.2) is 41.4 Å². The van der Waals surface area contributed by atoms with E-state index in [4.69, 9.17) is 10.2 Å². The van der Waals surface area contributed by atoms with Crippen molar-refractivity contribution >= 4 is 22.8 Å². The van der Waals surface area contributed by atoms with E-state index >= 15 is 0 Å². The van der Waals surface area contributed by atoms with Crippen molar-refractivity contribution in [3.8, 4) is 11.6 Å². The quantitative estimate of drug-likeness (QED) is 0.498. The Morgan fingerprint density at radius 3 is 2.87 bits per heavy atom. The number of para-hydroxylation sites is 1. The Morgan fingerprint density at radius 2 is 2.13 bits per heavy atom. The van der Waals surface area contributed by atoms with E-state index < -0.39 is 18.9 Å². The molecule has 154 valence electrons. The van der Waals surface area contributed by atoms with Crippen molar-refractivity contribution in [1.29, 1.82) is 0 Å². The molecule has 9 nitrogen and oxygen atoms in total. The predicted molar refractivity (Wildman–Crippen MR) is 104 cm³/mol. The summed E-state index contributed by atoms with van der Waals surface area (Å²) in [5.74, 6) is -0.332. The van der Waals surface area contributed by atoms with Crippen LogP contribution in [0.1, 0.15) is 21.7 Å². The summed E-state index contributed by atoms with van der Waals surface area (Å²) in [4.78, 5) is 29.2. The standard InChI is InChI=1S/C19H17F2N7O2/c1-10-14(19-23-5-6-30-19)27-17(22)16(26-10)18(29)24-7-11-3-2-4-12-15(11)25-9-28(12)8-13(20)21/h2-6,9,13H,7-8H2,1H3,(H2,22,27)(H,24,29). The number of nitrogen functional groups attached to an aromatic ring is 1. The first-order chi connectivity index (χ1) is 14.4. The molecule has 0 spiro atoms. The fraction of sp³-hybridized carbons (Fsp3) is 0.211. The molecule has 4 aromatic rings. The smallest absolute Gasteiger partial charge is 0.273 e. The van der Waals surface area contributed by atoms with Gasteiger partial charge in [0.05, 0.1) is 35.8 Å². The van der Waals surface area contributed by atoms with Gasteiger partial charge in [0.2, 0.25) is 5.89 Å². The molecule has 0 saturated heterocycles. The predicted octanol–water partition coefficient (Wildman–Crippen LogP) is 2.57. The van der Waals surface area contributed by atoms with Crippen LogP contribution in [0.25, 0.3) is 22.6 Å². The highest BCUT2D eigenvalue weighted by Crippen LogP contribution is 2.21. The lowest BCUT2D eigenvalue weighted by Gasteiger charge is -2.10. The van der Waals surface area contributed by atoms with E-state index in [2.05, 4.69) is 25.3 Å². The third-order valence-electron chi connectivity index (χ3n) is 4.46. The maximum atomic E-state index is 12.7. The highest BCUT2D eigenvalue weighted by Gasteiger charge is 2.19. The number of carbonyl (C=O) groups excluding carboxylic acids is 1. The summed E-state index contributed by atoms with van der Waals surface area (Å²) in [6.07, 6.45) is 1.73. The Kier molecular flexibility index (Phi) is 5.09. The van der Waals surface area contributed by atoms with E-state index in [0.29, 0.717) is 28.0 Å². The second-order valence-electron chi connectivity index (χ2n) is 6.48. The van der Waals surface area contributed by atoms with Crippen LogP contribution in [0.3, 0.4) is 0 Å². The van der Waals surface area contributed by atoms with Gasteiger partial charge in [0, 0.05) is 6.54 Å². The minimum absolute atomic E-state index is 0.0294. The molecular formula is C19H17F2N7O2. The van der Waals surface area contributed by atoms with Crippen molar-refractivity contribution in [3.63, 3.8) is 0 Å². The Morgan fingerprint density at radius 1 is 1.30 bits per heavy atom. The molecule has 3 heterocycles. The van der Waals surface area contributed by atoms with Gasteiger partial charge in [-0.1, -0.05) is 12.1 Å². The zero-order chi connectivity index (χ0) is 21.3. The van der Waals surface area contributed by atoms with Gasteiger partial charge < -0.3 is 20.0 Å². The average molecular weight is 413 g/mol. The number of nitrogens with zero attached hydrogens (tertiary/aromatic N) is 5. The number of hydrogen-bond acceptors (Lipinski definition) is 7. The molecule has 0 unspecified atom stereocenters. The third kappa shape index (κ3) is 3.69. The van der Waals surface area contributed by atoms with Crippen molar-refractivity contribution < 1.29 is 18.0 Å². The van der Waals surface area contributed by atoms with Gasteiger partial charge in [0.15, 0.2) is 11.5 Å². The van der Waals surface area contributed by atoms with Crippen LogP contribution in [0.5, 0.6) is 0 Å². The number of anilines is 1. The average Bonchev–Trinajstić information content (AvgIpc) is 3.38. The van der Waals surface area contributed by atoms with Crippen LogP contribution in [0.4, 0.5) is 14.6 Å². The Bertz CT molecular complexity index is 1210. The Labute approximate surface area is 169 Å². The number of halogens is 2. The molecule has 0 fully saturated rings. The number of nitrogens with one attached hydrogen (secondary N) is 1. The molecule has 4 rings (SSSR count). The largest absolute Gasteiger partial charge is 0.443 e. The molecule has 1 aromatic carbocycles.